The summed E-state index contributed by atoms with van der Waals surface area (Å²) in [5, 5.41) is 6.51. The van der Waals surface area contributed by atoms with E-state index in [9.17, 15) is 4.79 Å². The Hall–Kier alpha value is -5.26. The molecule has 0 aliphatic carbocycles. The van der Waals surface area contributed by atoms with Crippen molar-refractivity contribution in [3.05, 3.63) is 119 Å². The number of nitrogens with two attached hydrogens (primary N) is 2. The summed E-state index contributed by atoms with van der Waals surface area (Å²) in [6.07, 6.45) is 7.01. The van der Waals surface area contributed by atoms with Crippen LogP contribution in [0.5, 0.6) is 11.5 Å². The first-order chi connectivity index (χ1) is 22.5. The Labute approximate surface area is 268 Å². The first-order valence-corrected chi connectivity index (χ1v) is 15.2. The topological polar surface area (TPSA) is 141 Å². The fraction of sp³-hybridized carbons (Fsp3) is 0.257. The maximum Gasteiger partial charge on any atom is 0.221 e. The number of nitrogens with zero attached hydrogens (tertiary/aromatic N) is 5. The summed E-state index contributed by atoms with van der Waals surface area (Å²) in [6, 6.07) is 21.7. The first-order valence-electron chi connectivity index (χ1n) is 15.2. The van der Waals surface area contributed by atoms with Crippen LogP contribution in [0.3, 0.4) is 0 Å². The van der Waals surface area contributed by atoms with Gasteiger partial charge in [-0.3, -0.25) is 14.7 Å². The number of ether oxygens (including phenoxy) is 3. The second-order valence-electron chi connectivity index (χ2n) is 11.0. The summed E-state index contributed by atoms with van der Waals surface area (Å²) in [6.45, 7) is 4.12. The molecule has 2 aliphatic heterocycles. The van der Waals surface area contributed by atoms with E-state index in [-0.39, 0.29) is 23.6 Å². The van der Waals surface area contributed by atoms with Gasteiger partial charge >= 0.3 is 0 Å². The van der Waals surface area contributed by atoms with Gasteiger partial charge in [0, 0.05) is 55.7 Å². The molecule has 3 heterocycles. The molecule has 2 aliphatic rings. The van der Waals surface area contributed by atoms with Crippen LogP contribution in [0.25, 0.3) is 0 Å². The van der Waals surface area contributed by atoms with E-state index in [2.05, 4.69) is 33.1 Å². The number of anilines is 2. The van der Waals surface area contributed by atoms with Crippen LogP contribution in [-0.4, -0.2) is 78.4 Å². The van der Waals surface area contributed by atoms with Crippen molar-refractivity contribution in [1.29, 1.82) is 0 Å². The van der Waals surface area contributed by atoms with Gasteiger partial charge in [-0.05, 0) is 28.8 Å². The van der Waals surface area contributed by atoms with Crippen molar-refractivity contribution in [1.82, 2.24) is 19.9 Å². The molecular formula is C35H37N7O4. The summed E-state index contributed by atoms with van der Waals surface area (Å²) >= 11 is 0. The van der Waals surface area contributed by atoms with Crippen LogP contribution in [0.2, 0.25) is 0 Å². The lowest BCUT2D eigenvalue weighted by Crippen LogP contribution is -2.38. The largest absolute Gasteiger partial charge is 0.493 e. The number of benzene rings is 3. The van der Waals surface area contributed by atoms with Crippen LogP contribution in [0.1, 0.15) is 44.2 Å². The average Bonchev–Trinajstić information content (AvgIpc) is 3.09. The second kappa shape index (κ2) is 14.2. The van der Waals surface area contributed by atoms with Crippen molar-refractivity contribution in [2.75, 3.05) is 58.0 Å². The number of carbonyl (C=O) groups is 1. The molecule has 11 heteroatoms. The number of morpholine rings is 1. The number of hydrogen-bond acceptors (Lipinski definition) is 11. The lowest BCUT2D eigenvalue weighted by atomic mass is 9.93. The number of methoxy groups -OCH3 is 1. The fourth-order valence-corrected chi connectivity index (χ4v) is 5.68. The van der Waals surface area contributed by atoms with Crippen LogP contribution in [-0.2, 0) is 11.2 Å². The maximum absolute atomic E-state index is 14.1. The summed E-state index contributed by atoms with van der Waals surface area (Å²) in [5.41, 5.74) is 16.8. The Bertz CT molecular complexity index is 1740. The average molecular weight is 620 g/mol. The van der Waals surface area contributed by atoms with E-state index in [0.29, 0.717) is 55.4 Å². The minimum atomic E-state index is -0.260. The van der Waals surface area contributed by atoms with Crippen molar-refractivity contribution in [2.45, 2.75) is 12.5 Å². The molecule has 0 saturated carbocycles. The first kappa shape index (κ1) is 30.8. The predicted molar refractivity (Wildman–Crippen MR) is 177 cm³/mol. The molecule has 1 saturated heterocycles. The van der Waals surface area contributed by atoms with E-state index in [0.717, 1.165) is 35.3 Å². The van der Waals surface area contributed by atoms with Crippen LogP contribution < -0.4 is 20.9 Å². The highest BCUT2D eigenvalue weighted by atomic mass is 16.5. The van der Waals surface area contributed by atoms with E-state index in [4.69, 9.17) is 30.8 Å². The van der Waals surface area contributed by atoms with Crippen molar-refractivity contribution >= 4 is 23.8 Å². The van der Waals surface area contributed by atoms with Gasteiger partial charge in [0.05, 0.1) is 32.1 Å². The van der Waals surface area contributed by atoms with Gasteiger partial charge in [0.25, 0.3) is 0 Å². The molecule has 0 spiro atoms. The van der Waals surface area contributed by atoms with E-state index < -0.39 is 0 Å². The highest BCUT2D eigenvalue weighted by Crippen LogP contribution is 2.36. The Morgan fingerprint density at radius 3 is 2.63 bits per heavy atom. The molecular weight excluding hydrogens is 582 g/mol. The quantitative estimate of drug-likeness (QED) is 0.186. The summed E-state index contributed by atoms with van der Waals surface area (Å²) in [7, 11) is 1.56. The zero-order valence-corrected chi connectivity index (χ0v) is 25.7. The lowest BCUT2D eigenvalue weighted by molar-refractivity contribution is 0.0320. The number of rotatable bonds is 11. The molecule has 3 aromatic carbocycles. The molecule has 1 fully saturated rings. The zero-order chi connectivity index (χ0) is 31.9. The number of fused-ring (bicyclic) bond motifs is 1. The third-order valence-corrected chi connectivity index (χ3v) is 8.05. The van der Waals surface area contributed by atoms with Crippen LogP contribution in [0.4, 0.5) is 11.8 Å². The molecule has 0 radical (unpaired) electrons. The van der Waals surface area contributed by atoms with E-state index in [1.165, 1.54) is 6.08 Å². The van der Waals surface area contributed by atoms with Gasteiger partial charge in [-0.25, -0.2) is 4.98 Å². The zero-order valence-electron chi connectivity index (χ0n) is 25.7. The third kappa shape index (κ3) is 7.01. The number of hydrogen-bond donors (Lipinski definition) is 2. The number of allylic oxidation sites excluding steroid dienone is 1. The Morgan fingerprint density at radius 1 is 1.07 bits per heavy atom. The van der Waals surface area contributed by atoms with E-state index in [1.54, 1.807) is 25.6 Å². The van der Waals surface area contributed by atoms with Gasteiger partial charge < -0.3 is 25.7 Å². The maximum atomic E-state index is 14.1. The van der Waals surface area contributed by atoms with E-state index in [1.807, 2.05) is 53.7 Å². The minimum absolute atomic E-state index is 0.0978. The summed E-state index contributed by atoms with van der Waals surface area (Å²) in [4.78, 5) is 24.5. The number of aromatic nitrogens is 2. The Kier molecular flexibility index (Phi) is 9.51. The number of nitrogen functional groups attached to an aromatic ring is 2. The lowest BCUT2D eigenvalue weighted by Gasteiger charge is -2.31. The fourth-order valence-electron chi connectivity index (χ4n) is 5.68. The van der Waals surface area contributed by atoms with Gasteiger partial charge in [0.15, 0.2) is 17.3 Å². The standard InChI is InChI=1S/C35H37N7O4/c1-44-31-21-24(19-27-22-38-35(37)40-34(27)36)20-29(33(31)46-18-15-41-13-16-45-17-14-41)30(43)11-12-42-32(25-7-3-2-4-8-25)28-10-6-5-9-26(28)23-39-42/h2-12,20-23,32H,13-19H2,1H3,(H4,36,37,38,40)/b12-11+. The van der Waals surface area contributed by atoms with E-state index >= 15 is 0 Å². The van der Waals surface area contributed by atoms with Gasteiger partial charge in [0.1, 0.15) is 18.5 Å². The second-order valence-corrected chi connectivity index (χ2v) is 11.0. The number of ketones is 1. The van der Waals surface area contributed by atoms with Crippen LogP contribution >= 0.6 is 0 Å². The molecule has 1 aromatic heterocycles. The molecule has 4 N–H and O–H groups in total. The highest BCUT2D eigenvalue weighted by molar-refractivity contribution is 6.07. The molecule has 0 bridgehead atoms. The normalized spacial score (nSPS) is 16.4. The Morgan fingerprint density at radius 2 is 1.85 bits per heavy atom. The molecule has 1 atom stereocenters. The third-order valence-electron chi connectivity index (χ3n) is 8.05. The van der Waals surface area contributed by atoms with Gasteiger partial charge in [-0.15, -0.1) is 0 Å². The number of hydrazone groups is 1. The smallest absolute Gasteiger partial charge is 0.221 e. The van der Waals surface area contributed by atoms with Gasteiger partial charge in [-0.1, -0.05) is 54.6 Å². The number of carbonyl (C=O) groups excluding carboxylic acids is 1. The van der Waals surface area contributed by atoms with Gasteiger partial charge in [-0.2, -0.15) is 10.1 Å². The van der Waals surface area contributed by atoms with Crippen LogP contribution in [0, 0.1) is 0 Å². The van der Waals surface area contributed by atoms with Crippen molar-refractivity contribution in [3.63, 3.8) is 0 Å². The molecule has 1 unspecified atom stereocenters. The highest BCUT2D eigenvalue weighted by Gasteiger charge is 2.26. The molecule has 6 rings (SSSR count). The molecule has 0 amide bonds. The monoisotopic (exact) mass is 619 g/mol. The predicted octanol–water partition coefficient (Wildman–Crippen LogP) is 4.09. The van der Waals surface area contributed by atoms with Gasteiger partial charge in [0.2, 0.25) is 5.95 Å². The summed E-state index contributed by atoms with van der Waals surface area (Å²) < 4.78 is 17.5. The van der Waals surface area contributed by atoms with Crippen molar-refractivity contribution < 1.29 is 19.0 Å². The Balaban J connectivity index is 1.32. The molecule has 11 nitrogen and oxygen atoms in total. The van der Waals surface area contributed by atoms with Crippen molar-refractivity contribution in [2.24, 2.45) is 5.10 Å². The van der Waals surface area contributed by atoms with Crippen LogP contribution in [0.15, 0.2) is 90.3 Å². The molecule has 236 valence electrons. The minimum Gasteiger partial charge on any atom is -0.493 e. The SMILES string of the molecule is COc1cc(Cc2cnc(N)nc2N)cc(C(=O)/C=C/N2N=Cc3ccccc3C2c2ccccc2)c1OCCN1CCOCC1. The molecule has 46 heavy (non-hydrogen) atoms. The van der Waals surface area contributed by atoms with Crippen molar-refractivity contribution in [3.8, 4) is 11.5 Å². The summed E-state index contributed by atoms with van der Waals surface area (Å²) in [5.74, 6) is 0.936. The molecule has 4 aromatic rings.